The van der Waals surface area contributed by atoms with Crippen molar-refractivity contribution in [1.82, 2.24) is 5.32 Å². The summed E-state index contributed by atoms with van der Waals surface area (Å²) in [6.45, 7) is 3.68. The van der Waals surface area contributed by atoms with Crippen LogP contribution in [-0.4, -0.2) is 14.2 Å². The first kappa shape index (κ1) is 11.7. The number of nitrogens with one attached hydrogen (secondary N) is 1. The van der Waals surface area contributed by atoms with Gasteiger partial charge in [-0.2, -0.15) is 0 Å². The maximum Gasteiger partial charge on any atom is 0.123 e. The molecule has 0 fully saturated rings. The average molecular weight is 209 g/mol. The fraction of sp³-hybridized carbons (Fsp3) is 0.333. The zero-order valence-electron chi connectivity index (χ0n) is 9.09. The summed E-state index contributed by atoms with van der Waals surface area (Å²) in [7, 11) is 3.41. The number of benzene rings is 1. The molecule has 0 saturated heterocycles. The summed E-state index contributed by atoms with van der Waals surface area (Å²) in [6, 6.07) is 4.55. The summed E-state index contributed by atoms with van der Waals surface area (Å²) < 4.78 is 18.3. The van der Waals surface area contributed by atoms with Gasteiger partial charge in [-0.15, -0.1) is 6.58 Å². The van der Waals surface area contributed by atoms with E-state index in [0.717, 1.165) is 12.0 Å². The van der Waals surface area contributed by atoms with Crippen molar-refractivity contribution in [2.45, 2.75) is 12.5 Å². The smallest absolute Gasteiger partial charge is 0.123 e. The number of halogens is 1. The van der Waals surface area contributed by atoms with Crippen LogP contribution >= 0.6 is 0 Å². The molecule has 1 N–H and O–H groups in total. The molecular formula is C12H16FNO. The van der Waals surface area contributed by atoms with E-state index >= 15 is 0 Å². The maximum absolute atomic E-state index is 13.1. The van der Waals surface area contributed by atoms with Crippen molar-refractivity contribution in [3.05, 3.63) is 42.2 Å². The van der Waals surface area contributed by atoms with Crippen LogP contribution in [0.1, 0.15) is 18.0 Å². The van der Waals surface area contributed by atoms with Crippen molar-refractivity contribution >= 4 is 0 Å². The minimum Gasteiger partial charge on any atom is -0.496 e. The first-order chi connectivity index (χ1) is 7.22. The van der Waals surface area contributed by atoms with Gasteiger partial charge in [-0.05, 0) is 31.7 Å². The number of rotatable bonds is 5. The SMILES string of the molecule is C=CCC(NC)c1cc(F)ccc1OC. The molecule has 82 valence electrons. The Kier molecular flexibility index (Phi) is 4.31. The molecule has 0 bridgehead atoms. The molecule has 15 heavy (non-hydrogen) atoms. The largest absolute Gasteiger partial charge is 0.496 e. The van der Waals surface area contributed by atoms with Gasteiger partial charge in [0.15, 0.2) is 0 Å². The van der Waals surface area contributed by atoms with Gasteiger partial charge in [0.05, 0.1) is 7.11 Å². The molecule has 0 amide bonds. The number of hydrogen-bond donors (Lipinski definition) is 1. The van der Waals surface area contributed by atoms with Crippen molar-refractivity contribution in [2.75, 3.05) is 14.2 Å². The molecular weight excluding hydrogens is 193 g/mol. The molecule has 1 unspecified atom stereocenters. The summed E-state index contributed by atoms with van der Waals surface area (Å²) in [6.07, 6.45) is 2.53. The van der Waals surface area contributed by atoms with E-state index in [-0.39, 0.29) is 11.9 Å². The second-order valence-electron chi connectivity index (χ2n) is 3.25. The molecule has 0 saturated carbocycles. The molecule has 1 aromatic carbocycles. The van der Waals surface area contributed by atoms with E-state index in [0.29, 0.717) is 5.75 Å². The Morgan fingerprint density at radius 3 is 2.87 bits per heavy atom. The van der Waals surface area contributed by atoms with Crippen LogP contribution in [0.3, 0.4) is 0 Å². The van der Waals surface area contributed by atoms with E-state index in [1.54, 1.807) is 19.3 Å². The molecule has 3 heteroatoms. The molecule has 0 heterocycles. The lowest BCUT2D eigenvalue weighted by molar-refractivity contribution is 0.400. The van der Waals surface area contributed by atoms with Crippen LogP contribution in [0.4, 0.5) is 4.39 Å². The van der Waals surface area contributed by atoms with Gasteiger partial charge in [0, 0.05) is 11.6 Å². The fourth-order valence-corrected chi connectivity index (χ4v) is 1.54. The van der Waals surface area contributed by atoms with Crippen molar-refractivity contribution in [3.63, 3.8) is 0 Å². The number of hydrogen-bond acceptors (Lipinski definition) is 2. The molecule has 1 atom stereocenters. The van der Waals surface area contributed by atoms with Crippen molar-refractivity contribution in [1.29, 1.82) is 0 Å². The molecule has 0 radical (unpaired) electrons. The third kappa shape index (κ3) is 2.80. The molecule has 0 aliphatic heterocycles. The molecule has 0 spiro atoms. The lowest BCUT2D eigenvalue weighted by Gasteiger charge is -2.17. The Labute approximate surface area is 89.8 Å². The van der Waals surface area contributed by atoms with Crippen LogP contribution < -0.4 is 10.1 Å². The van der Waals surface area contributed by atoms with Gasteiger partial charge in [0.1, 0.15) is 11.6 Å². The van der Waals surface area contributed by atoms with Gasteiger partial charge in [0.25, 0.3) is 0 Å². The summed E-state index contributed by atoms with van der Waals surface area (Å²) in [5.74, 6) is 0.438. The molecule has 1 aromatic rings. The third-order valence-electron chi connectivity index (χ3n) is 2.32. The first-order valence-corrected chi connectivity index (χ1v) is 4.84. The molecule has 0 aromatic heterocycles. The van der Waals surface area contributed by atoms with Crippen molar-refractivity contribution in [3.8, 4) is 5.75 Å². The molecule has 0 aliphatic carbocycles. The maximum atomic E-state index is 13.1. The normalized spacial score (nSPS) is 12.2. The van der Waals surface area contributed by atoms with Gasteiger partial charge < -0.3 is 10.1 Å². The zero-order valence-corrected chi connectivity index (χ0v) is 9.09. The average Bonchev–Trinajstić information content (AvgIpc) is 2.26. The highest BCUT2D eigenvalue weighted by Gasteiger charge is 2.13. The van der Waals surface area contributed by atoms with Gasteiger partial charge in [0.2, 0.25) is 0 Å². The molecule has 1 rings (SSSR count). The van der Waals surface area contributed by atoms with Gasteiger partial charge in [-0.25, -0.2) is 4.39 Å². The van der Waals surface area contributed by atoms with E-state index < -0.39 is 0 Å². The standard InChI is InChI=1S/C12H16FNO/c1-4-5-11(14-2)10-8-9(13)6-7-12(10)15-3/h4,6-8,11,14H,1,5H2,2-3H3. The molecule has 2 nitrogen and oxygen atoms in total. The summed E-state index contributed by atoms with van der Waals surface area (Å²) >= 11 is 0. The van der Waals surface area contributed by atoms with Gasteiger partial charge in [-0.1, -0.05) is 6.08 Å². The lowest BCUT2D eigenvalue weighted by atomic mass is 10.0. The first-order valence-electron chi connectivity index (χ1n) is 4.84. The summed E-state index contributed by atoms with van der Waals surface area (Å²) in [5.41, 5.74) is 0.819. The van der Waals surface area contributed by atoms with E-state index in [1.165, 1.54) is 12.1 Å². The van der Waals surface area contributed by atoms with Crippen LogP contribution in [-0.2, 0) is 0 Å². The van der Waals surface area contributed by atoms with Crippen LogP contribution in [0.25, 0.3) is 0 Å². The predicted octanol–water partition coefficient (Wildman–Crippen LogP) is 2.67. The van der Waals surface area contributed by atoms with E-state index in [4.69, 9.17) is 4.74 Å². The van der Waals surface area contributed by atoms with E-state index in [1.807, 2.05) is 7.05 Å². The third-order valence-corrected chi connectivity index (χ3v) is 2.32. The highest BCUT2D eigenvalue weighted by atomic mass is 19.1. The van der Waals surface area contributed by atoms with E-state index in [2.05, 4.69) is 11.9 Å². The predicted molar refractivity (Wildman–Crippen MR) is 59.6 cm³/mol. The van der Waals surface area contributed by atoms with Crippen molar-refractivity contribution < 1.29 is 9.13 Å². The topological polar surface area (TPSA) is 21.3 Å². The Balaban J connectivity index is 3.07. The van der Waals surface area contributed by atoms with Gasteiger partial charge >= 0.3 is 0 Å². The minimum atomic E-state index is -0.255. The van der Waals surface area contributed by atoms with Gasteiger partial charge in [-0.3, -0.25) is 0 Å². The fourth-order valence-electron chi connectivity index (χ4n) is 1.54. The number of ether oxygens (including phenoxy) is 1. The van der Waals surface area contributed by atoms with Crippen molar-refractivity contribution in [2.24, 2.45) is 0 Å². The molecule has 0 aliphatic rings. The Morgan fingerprint density at radius 2 is 2.33 bits per heavy atom. The Hall–Kier alpha value is -1.35. The monoisotopic (exact) mass is 209 g/mol. The Morgan fingerprint density at radius 1 is 1.60 bits per heavy atom. The summed E-state index contributed by atoms with van der Waals surface area (Å²) in [5, 5.41) is 3.10. The van der Waals surface area contributed by atoms with Crippen LogP contribution in [0, 0.1) is 5.82 Å². The van der Waals surface area contributed by atoms with E-state index in [9.17, 15) is 4.39 Å². The van der Waals surface area contributed by atoms with Crippen LogP contribution in [0.2, 0.25) is 0 Å². The summed E-state index contributed by atoms with van der Waals surface area (Å²) in [4.78, 5) is 0. The number of methoxy groups -OCH3 is 1. The Bertz CT molecular complexity index is 338. The van der Waals surface area contributed by atoms with Crippen LogP contribution in [0.15, 0.2) is 30.9 Å². The van der Waals surface area contributed by atoms with Crippen LogP contribution in [0.5, 0.6) is 5.75 Å². The second kappa shape index (κ2) is 5.51. The minimum absolute atomic E-state index is 0.0353. The highest BCUT2D eigenvalue weighted by molar-refractivity contribution is 5.36. The quantitative estimate of drug-likeness (QED) is 0.753. The lowest BCUT2D eigenvalue weighted by Crippen LogP contribution is -2.16. The zero-order chi connectivity index (χ0) is 11.3. The highest BCUT2D eigenvalue weighted by Crippen LogP contribution is 2.27. The second-order valence-corrected chi connectivity index (χ2v) is 3.25.